The van der Waals surface area contributed by atoms with Gasteiger partial charge < -0.3 is 5.32 Å². The molecule has 0 bridgehead atoms. The van der Waals surface area contributed by atoms with E-state index in [2.05, 4.69) is 37.9 Å². The van der Waals surface area contributed by atoms with E-state index in [0.29, 0.717) is 6.04 Å². The third-order valence-corrected chi connectivity index (χ3v) is 4.82. The number of piperidine rings is 1. The summed E-state index contributed by atoms with van der Waals surface area (Å²) in [6.07, 6.45) is 11.2. The molecule has 0 radical (unpaired) electrons. The van der Waals surface area contributed by atoms with Crippen LogP contribution in [0.2, 0.25) is 0 Å². The van der Waals surface area contributed by atoms with E-state index in [9.17, 15) is 0 Å². The first-order chi connectivity index (χ1) is 9.65. The first-order valence-corrected chi connectivity index (χ1v) is 9.11. The molecule has 1 aliphatic heterocycles. The molecule has 0 amide bonds. The highest BCUT2D eigenvalue weighted by Gasteiger charge is 2.22. The summed E-state index contributed by atoms with van der Waals surface area (Å²) >= 11 is 0. The molecular weight excluding hydrogens is 244 g/mol. The van der Waals surface area contributed by atoms with Crippen molar-refractivity contribution >= 4 is 0 Å². The van der Waals surface area contributed by atoms with Crippen LogP contribution in [-0.4, -0.2) is 36.6 Å². The van der Waals surface area contributed by atoms with Crippen molar-refractivity contribution in [2.75, 3.05) is 19.6 Å². The highest BCUT2D eigenvalue weighted by Crippen LogP contribution is 2.19. The van der Waals surface area contributed by atoms with Crippen molar-refractivity contribution in [3.8, 4) is 0 Å². The standard InChI is InChI=1S/C18H38N2/c1-5-6-7-8-9-11-17(4)20(16(2)3)15-18-12-10-13-19-14-18/h16-19H,5-15H2,1-4H3. The zero-order valence-electron chi connectivity index (χ0n) is 14.5. The summed E-state index contributed by atoms with van der Waals surface area (Å²) in [5.41, 5.74) is 0. The van der Waals surface area contributed by atoms with Crippen LogP contribution < -0.4 is 5.32 Å². The first kappa shape index (κ1) is 18.0. The minimum absolute atomic E-state index is 0.683. The van der Waals surface area contributed by atoms with Crippen LogP contribution in [0.1, 0.15) is 79.1 Å². The summed E-state index contributed by atoms with van der Waals surface area (Å²) in [5, 5.41) is 3.56. The van der Waals surface area contributed by atoms with Gasteiger partial charge in [0, 0.05) is 18.6 Å². The molecule has 0 aromatic heterocycles. The van der Waals surface area contributed by atoms with Gasteiger partial charge >= 0.3 is 0 Å². The Kier molecular flexibility index (Phi) is 9.54. The molecule has 0 aromatic rings. The van der Waals surface area contributed by atoms with Crippen LogP contribution >= 0.6 is 0 Å². The summed E-state index contributed by atoms with van der Waals surface area (Å²) in [6.45, 7) is 13.2. The van der Waals surface area contributed by atoms with E-state index < -0.39 is 0 Å². The van der Waals surface area contributed by atoms with Gasteiger partial charge in [0.25, 0.3) is 0 Å². The Morgan fingerprint density at radius 3 is 2.45 bits per heavy atom. The topological polar surface area (TPSA) is 15.3 Å². The second-order valence-electron chi connectivity index (χ2n) is 7.05. The molecule has 0 aromatic carbocycles. The molecule has 1 N–H and O–H groups in total. The second-order valence-corrected chi connectivity index (χ2v) is 7.05. The van der Waals surface area contributed by atoms with Gasteiger partial charge in [0.2, 0.25) is 0 Å². The fourth-order valence-electron chi connectivity index (χ4n) is 3.49. The van der Waals surface area contributed by atoms with Gasteiger partial charge in [-0.25, -0.2) is 0 Å². The molecule has 1 fully saturated rings. The summed E-state index contributed by atoms with van der Waals surface area (Å²) in [6, 6.07) is 1.43. The molecule has 0 aliphatic carbocycles. The predicted octanol–water partition coefficient (Wildman–Crippen LogP) is 4.45. The van der Waals surface area contributed by atoms with Gasteiger partial charge in [-0.05, 0) is 59.0 Å². The predicted molar refractivity (Wildman–Crippen MR) is 90.3 cm³/mol. The van der Waals surface area contributed by atoms with Crippen LogP contribution in [0.5, 0.6) is 0 Å². The van der Waals surface area contributed by atoms with Gasteiger partial charge in [0.1, 0.15) is 0 Å². The van der Waals surface area contributed by atoms with Gasteiger partial charge in [-0.3, -0.25) is 4.90 Å². The lowest BCUT2D eigenvalue weighted by Gasteiger charge is -2.37. The summed E-state index contributed by atoms with van der Waals surface area (Å²) in [5.74, 6) is 0.869. The average molecular weight is 283 g/mol. The van der Waals surface area contributed by atoms with Crippen LogP contribution in [0.3, 0.4) is 0 Å². The fourth-order valence-corrected chi connectivity index (χ4v) is 3.49. The zero-order valence-corrected chi connectivity index (χ0v) is 14.5. The molecule has 20 heavy (non-hydrogen) atoms. The Morgan fingerprint density at radius 1 is 1.10 bits per heavy atom. The second kappa shape index (κ2) is 10.6. The molecule has 1 rings (SSSR count). The fraction of sp³-hybridized carbons (Fsp3) is 1.00. The smallest absolute Gasteiger partial charge is 0.00697 e. The SMILES string of the molecule is CCCCCCCC(C)N(CC1CCCNC1)C(C)C. The normalized spacial score (nSPS) is 21.6. The summed E-state index contributed by atoms with van der Waals surface area (Å²) in [4.78, 5) is 2.75. The Morgan fingerprint density at radius 2 is 1.85 bits per heavy atom. The molecule has 0 saturated carbocycles. The molecule has 1 heterocycles. The maximum atomic E-state index is 3.56. The van der Waals surface area contributed by atoms with Gasteiger partial charge in [0.15, 0.2) is 0 Å². The summed E-state index contributed by atoms with van der Waals surface area (Å²) < 4.78 is 0. The summed E-state index contributed by atoms with van der Waals surface area (Å²) in [7, 11) is 0. The quantitative estimate of drug-likeness (QED) is 0.596. The van der Waals surface area contributed by atoms with E-state index in [-0.39, 0.29) is 0 Å². The molecule has 1 aliphatic rings. The molecule has 2 heteroatoms. The lowest BCUT2D eigenvalue weighted by atomic mass is 9.96. The van der Waals surface area contributed by atoms with Crippen molar-refractivity contribution in [3.05, 3.63) is 0 Å². The molecule has 2 nitrogen and oxygen atoms in total. The van der Waals surface area contributed by atoms with Crippen molar-refractivity contribution in [1.29, 1.82) is 0 Å². The molecule has 0 spiro atoms. The minimum atomic E-state index is 0.683. The first-order valence-electron chi connectivity index (χ1n) is 9.11. The molecule has 1 saturated heterocycles. The third-order valence-electron chi connectivity index (χ3n) is 4.82. The number of rotatable bonds is 10. The van der Waals surface area contributed by atoms with Crippen molar-refractivity contribution in [2.24, 2.45) is 5.92 Å². The average Bonchev–Trinajstić information content (AvgIpc) is 2.45. The largest absolute Gasteiger partial charge is 0.316 e. The lowest BCUT2D eigenvalue weighted by molar-refractivity contribution is 0.119. The highest BCUT2D eigenvalue weighted by atomic mass is 15.2. The monoisotopic (exact) mass is 282 g/mol. The van der Waals surface area contributed by atoms with Crippen LogP contribution in [0.4, 0.5) is 0 Å². The van der Waals surface area contributed by atoms with E-state index in [1.807, 2.05) is 0 Å². The van der Waals surface area contributed by atoms with Crippen molar-refractivity contribution in [2.45, 2.75) is 91.1 Å². The third kappa shape index (κ3) is 7.08. The Balaban J connectivity index is 2.28. The van der Waals surface area contributed by atoms with Crippen molar-refractivity contribution < 1.29 is 0 Å². The van der Waals surface area contributed by atoms with E-state index in [1.54, 1.807) is 0 Å². The van der Waals surface area contributed by atoms with Crippen LogP contribution in [0.15, 0.2) is 0 Å². The van der Waals surface area contributed by atoms with E-state index >= 15 is 0 Å². The Hall–Kier alpha value is -0.0800. The number of unbranched alkanes of at least 4 members (excludes halogenated alkanes) is 4. The van der Waals surface area contributed by atoms with Gasteiger partial charge in [-0.1, -0.05) is 39.0 Å². The van der Waals surface area contributed by atoms with Gasteiger partial charge in [0.05, 0.1) is 0 Å². The molecule has 2 atom stereocenters. The highest BCUT2D eigenvalue weighted by molar-refractivity contribution is 4.78. The number of nitrogens with one attached hydrogen (secondary N) is 1. The molecule has 120 valence electrons. The van der Waals surface area contributed by atoms with E-state index in [1.165, 1.54) is 71.0 Å². The number of hydrogen-bond donors (Lipinski definition) is 1. The minimum Gasteiger partial charge on any atom is -0.316 e. The number of nitrogens with zero attached hydrogens (tertiary/aromatic N) is 1. The van der Waals surface area contributed by atoms with Crippen LogP contribution in [-0.2, 0) is 0 Å². The maximum absolute atomic E-state index is 3.56. The Labute approximate surface area is 127 Å². The maximum Gasteiger partial charge on any atom is 0.00697 e. The van der Waals surface area contributed by atoms with Gasteiger partial charge in [-0.15, -0.1) is 0 Å². The van der Waals surface area contributed by atoms with E-state index in [4.69, 9.17) is 0 Å². The van der Waals surface area contributed by atoms with Crippen LogP contribution in [0.25, 0.3) is 0 Å². The zero-order chi connectivity index (χ0) is 14.8. The van der Waals surface area contributed by atoms with Crippen molar-refractivity contribution in [1.82, 2.24) is 10.2 Å². The lowest BCUT2D eigenvalue weighted by Crippen LogP contribution is -2.45. The number of hydrogen-bond acceptors (Lipinski definition) is 2. The van der Waals surface area contributed by atoms with E-state index in [0.717, 1.165) is 12.0 Å². The Bertz CT molecular complexity index is 221. The molecular formula is C18H38N2. The molecule has 2 unspecified atom stereocenters. The van der Waals surface area contributed by atoms with Crippen LogP contribution in [0, 0.1) is 5.92 Å². The van der Waals surface area contributed by atoms with Crippen molar-refractivity contribution in [3.63, 3.8) is 0 Å². The van der Waals surface area contributed by atoms with Gasteiger partial charge in [-0.2, -0.15) is 0 Å².